The summed E-state index contributed by atoms with van der Waals surface area (Å²) < 4.78 is 0. The van der Waals surface area contributed by atoms with E-state index in [0.717, 1.165) is 24.3 Å². The van der Waals surface area contributed by atoms with Gasteiger partial charge in [0.25, 0.3) is 0 Å². The first kappa shape index (κ1) is 15.4. The summed E-state index contributed by atoms with van der Waals surface area (Å²) in [5, 5.41) is 0. The molecule has 1 aliphatic rings. The quantitative estimate of drug-likeness (QED) is 0.868. The van der Waals surface area contributed by atoms with E-state index in [9.17, 15) is 4.79 Å². The summed E-state index contributed by atoms with van der Waals surface area (Å²) in [6, 6.07) is 8.59. The number of hydrogen-bond donors (Lipinski definition) is 1. The van der Waals surface area contributed by atoms with Crippen molar-refractivity contribution in [1.29, 1.82) is 0 Å². The van der Waals surface area contributed by atoms with Gasteiger partial charge in [-0.25, -0.2) is 0 Å². The Labute approximate surface area is 125 Å². The largest absolute Gasteiger partial charge is 0.337 e. The lowest BCUT2D eigenvalue weighted by atomic mass is 9.97. The van der Waals surface area contributed by atoms with E-state index in [4.69, 9.17) is 5.73 Å². The standard InChI is InChI=1S/C16H24N2OS/c1-12-6-8-14(9-7-12)20-11-16(19)18-10-4-3-5-15(18)13(2)17/h6-9,13,15H,3-5,10-11,17H2,1-2H3. The summed E-state index contributed by atoms with van der Waals surface area (Å²) in [5.74, 6) is 0.726. The first-order chi connectivity index (χ1) is 9.58. The van der Waals surface area contributed by atoms with Gasteiger partial charge in [0.1, 0.15) is 0 Å². The minimum atomic E-state index is 0.0589. The molecule has 1 saturated heterocycles. The molecule has 1 aliphatic heterocycles. The molecule has 0 aliphatic carbocycles. The Bertz CT molecular complexity index is 444. The van der Waals surface area contributed by atoms with Crippen LogP contribution >= 0.6 is 11.8 Å². The van der Waals surface area contributed by atoms with E-state index in [1.54, 1.807) is 11.8 Å². The minimum absolute atomic E-state index is 0.0589. The van der Waals surface area contributed by atoms with Crippen molar-refractivity contribution in [2.45, 2.75) is 50.1 Å². The minimum Gasteiger partial charge on any atom is -0.337 e. The van der Waals surface area contributed by atoms with Crippen LogP contribution in [0.3, 0.4) is 0 Å². The van der Waals surface area contributed by atoms with Crippen LogP contribution < -0.4 is 5.73 Å². The zero-order chi connectivity index (χ0) is 14.5. The van der Waals surface area contributed by atoms with Gasteiger partial charge in [0.15, 0.2) is 0 Å². The Morgan fingerprint density at radius 2 is 2.10 bits per heavy atom. The van der Waals surface area contributed by atoms with E-state index >= 15 is 0 Å². The van der Waals surface area contributed by atoms with Gasteiger partial charge in [-0.1, -0.05) is 17.7 Å². The number of thioether (sulfide) groups is 1. The van der Waals surface area contributed by atoms with Crippen LogP contribution in [0.5, 0.6) is 0 Å². The van der Waals surface area contributed by atoms with Gasteiger partial charge in [0.2, 0.25) is 5.91 Å². The van der Waals surface area contributed by atoms with Crippen LogP contribution in [0.1, 0.15) is 31.7 Å². The molecule has 1 aromatic rings. The van der Waals surface area contributed by atoms with Crippen LogP contribution in [-0.4, -0.2) is 35.2 Å². The zero-order valence-corrected chi connectivity index (χ0v) is 13.2. The Kier molecular flexibility index (Phi) is 5.49. The molecule has 1 aromatic carbocycles. The fraction of sp³-hybridized carbons (Fsp3) is 0.562. The summed E-state index contributed by atoms with van der Waals surface area (Å²) in [6.07, 6.45) is 3.32. The monoisotopic (exact) mass is 292 g/mol. The number of carbonyl (C=O) groups is 1. The maximum atomic E-state index is 12.4. The van der Waals surface area contributed by atoms with Gasteiger partial charge in [-0.3, -0.25) is 4.79 Å². The van der Waals surface area contributed by atoms with Crippen LogP contribution in [0.4, 0.5) is 0 Å². The van der Waals surface area contributed by atoms with Crippen LogP contribution in [0, 0.1) is 6.92 Å². The highest BCUT2D eigenvalue weighted by Gasteiger charge is 2.28. The maximum Gasteiger partial charge on any atom is 0.233 e. The van der Waals surface area contributed by atoms with Gasteiger partial charge in [0, 0.05) is 23.5 Å². The number of likely N-dealkylation sites (tertiary alicyclic amines) is 1. The maximum absolute atomic E-state index is 12.4. The summed E-state index contributed by atoms with van der Waals surface area (Å²) in [7, 11) is 0. The normalized spacial score (nSPS) is 20.8. The van der Waals surface area contributed by atoms with E-state index in [0.29, 0.717) is 5.75 Å². The molecule has 1 fully saturated rings. The SMILES string of the molecule is Cc1ccc(SCC(=O)N2CCCCC2C(C)N)cc1. The lowest BCUT2D eigenvalue weighted by Gasteiger charge is -2.38. The third-order valence-electron chi connectivity index (χ3n) is 3.86. The third-order valence-corrected chi connectivity index (χ3v) is 4.86. The Morgan fingerprint density at radius 3 is 2.75 bits per heavy atom. The predicted molar refractivity (Wildman–Crippen MR) is 84.9 cm³/mol. The van der Waals surface area contributed by atoms with Crippen molar-refractivity contribution in [3.05, 3.63) is 29.8 Å². The van der Waals surface area contributed by atoms with Crippen LogP contribution in [0.25, 0.3) is 0 Å². The predicted octanol–water partition coefficient (Wildman–Crippen LogP) is 2.82. The Hall–Kier alpha value is -1.00. The molecule has 2 N–H and O–H groups in total. The highest BCUT2D eigenvalue weighted by molar-refractivity contribution is 8.00. The van der Waals surface area contributed by atoms with Gasteiger partial charge >= 0.3 is 0 Å². The second kappa shape index (κ2) is 7.14. The number of piperidine rings is 1. The molecule has 2 rings (SSSR count). The van der Waals surface area contributed by atoms with Crippen molar-refractivity contribution < 1.29 is 4.79 Å². The fourth-order valence-electron chi connectivity index (χ4n) is 2.68. The van der Waals surface area contributed by atoms with E-state index in [1.807, 2.05) is 11.8 Å². The molecule has 20 heavy (non-hydrogen) atoms. The van der Waals surface area contributed by atoms with Crippen molar-refractivity contribution in [3.8, 4) is 0 Å². The highest BCUT2D eigenvalue weighted by Crippen LogP contribution is 2.23. The van der Waals surface area contributed by atoms with Crippen LogP contribution in [0.2, 0.25) is 0 Å². The molecule has 2 unspecified atom stereocenters. The number of rotatable bonds is 4. The number of hydrogen-bond acceptors (Lipinski definition) is 3. The van der Waals surface area contributed by atoms with E-state index in [1.165, 1.54) is 12.0 Å². The van der Waals surface area contributed by atoms with Gasteiger partial charge in [-0.05, 0) is 45.2 Å². The van der Waals surface area contributed by atoms with E-state index in [2.05, 4.69) is 31.2 Å². The summed E-state index contributed by atoms with van der Waals surface area (Å²) >= 11 is 1.61. The average Bonchev–Trinajstić information content (AvgIpc) is 2.46. The Balaban J connectivity index is 1.91. The molecule has 0 aromatic heterocycles. The van der Waals surface area contributed by atoms with Crippen molar-refractivity contribution in [1.82, 2.24) is 4.90 Å². The summed E-state index contributed by atoms with van der Waals surface area (Å²) in [5.41, 5.74) is 7.26. The molecular formula is C16H24N2OS. The third kappa shape index (κ3) is 4.00. The number of nitrogens with two attached hydrogens (primary N) is 1. The molecule has 4 heteroatoms. The Morgan fingerprint density at radius 1 is 1.40 bits per heavy atom. The average molecular weight is 292 g/mol. The smallest absolute Gasteiger partial charge is 0.233 e. The second-order valence-corrected chi connectivity index (χ2v) is 6.66. The molecular weight excluding hydrogens is 268 g/mol. The molecule has 1 amide bonds. The van der Waals surface area contributed by atoms with E-state index < -0.39 is 0 Å². The number of nitrogens with zero attached hydrogens (tertiary/aromatic N) is 1. The van der Waals surface area contributed by atoms with Gasteiger partial charge in [-0.2, -0.15) is 0 Å². The first-order valence-corrected chi connectivity index (χ1v) is 8.31. The van der Waals surface area contributed by atoms with Crippen molar-refractivity contribution >= 4 is 17.7 Å². The fourth-order valence-corrected chi connectivity index (χ4v) is 3.46. The molecule has 0 saturated carbocycles. The first-order valence-electron chi connectivity index (χ1n) is 7.32. The molecule has 0 bridgehead atoms. The number of benzene rings is 1. The topological polar surface area (TPSA) is 46.3 Å². The van der Waals surface area contributed by atoms with Gasteiger partial charge in [0.05, 0.1) is 5.75 Å². The van der Waals surface area contributed by atoms with Crippen molar-refractivity contribution in [3.63, 3.8) is 0 Å². The highest BCUT2D eigenvalue weighted by atomic mass is 32.2. The molecule has 110 valence electrons. The molecule has 0 radical (unpaired) electrons. The van der Waals surface area contributed by atoms with Gasteiger partial charge < -0.3 is 10.6 Å². The molecule has 2 atom stereocenters. The lowest BCUT2D eigenvalue weighted by Crippen LogP contribution is -2.52. The molecule has 1 heterocycles. The summed E-state index contributed by atoms with van der Waals surface area (Å²) in [4.78, 5) is 15.5. The van der Waals surface area contributed by atoms with Crippen molar-refractivity contribution in [2.24, 2.45) is 5.73 Å². The van der Waals surface area contributed by atoms with Crippen molar-refractivity contribution in [2.75, 3.05) is 12.3 Å². The van der Waals surface area contributed by atoms with E-state index in [-0.39, 0.29) is 18.0 Å². The number of aryl methyl sites for hydroxylation is 1. The van der Waals surface area contributed by atoms with Gasteiger partial charge in [-0.15, -0.1) is 11.8 Å². The summed E-state index contributed by atoms with van der Waals surface area (Å²) in [6.45, 7) is 4.93. The second-order valence-electron chi connectivity index (χ2n) is 5.61. The lowest BCUT2D eigenvalue weighted by molar-refractivity contribution is -0.132. The van der Waals surface area contributed by atoms with Crippen LogP contribution in [-0.2, 0) is 4.79 Å². The molecule has 0 spiro atoms. The van der Waals surface area contributed by atoms with Crippen LogP contribution in [0.15, 0.2) is 29.2 Å². The molecule has 3 nitrogen and oxygen atoms in total. The number of carbonyl (C=O) groups excluding carboxylic acids is 1. The number of amides is 1. The zero-order valence-electron chi connectivity index (χ0n) is 12.3.